The first-order valence-corrected chi connectivity index (χ1v) is 4.14. The van der Waals surface area contributed by atoms with Gasteiger partial charge in [-0.15, -0.1) is 0 Å². The summed E-state index contributed by atoms with van der Waals surface area (Å²) in [5, 5.41) is 0.495. The molecule has 1 atom stereocenters. The Kier molecular flexibility index (Phi) is 6.65. The van der Waals surface area contributed by atoms with Crippen molar-refractivity contribution in [1.82, 2.24) is 0 Å². The zero-order chi connectivity index (χ0) is 7.11. The van der Waals surface area contributed by atoms with Gasteiger partial charge in [-0.05, 0) is 19.1 Å². The minimum absolute atomic E-state index is 0.495. The van der Waals surface area contributed by atoms with Crippen molar-refractivity contribution < 1.29 is 4.74 Å². The molecule has 54 valence electrons. The van der Waals surface area contributed by atoms with E-state index in [0.29, 0.717) is 5.25 Å². The highest BCUT2D eigenvalue weighted by Gasteiger charge is 1.92. The summed E-state index contributed by atoms with van der Waals surface area (Å²) < 4.78 is 4.64. The van der Waals surface area contributed by atoms with Crippen molar-refractivity contribution in [3.05, 3.63) is 14.0 Å². The zero-order valence-electron chi connectivity index (χ0n) is 5.93. The fourth-order valence-electron chi connectivity index (χ4n) is 0.446. The van der Waals surface area contributed by atoms with Crippen molar-refractivity contribution >= 4 is 11.8 Å². The van der Waals surface area contributed by atoms with E-state index in [1.165, 1.54) is 0 Å². The van der Waals surface area contributed by atoms with Crippen LogP contribution in [0.1, 0.15) is 13.3 Å². The number of hydrogen-bond donors (Lipinski definition) is 0. The van der Waals surface area contributed by atoms with Crippen LogP contribution in [0.25, 0.3) is 0 Å². The van der Waals surface area contributed by atoms with Gasteiger partial charge in [-0.25, -0.2) is 0 Å². The summed E-state index contributed by atoms with van der Waals surface area (Å²) in [6.45, 7) is 6.70. The Morgan fingerprint density at radius 3 is 2.78 bits per heavy atom. The van der Waals surface area contributed by atoms with Crippen molar-refractivity contribution in [3.8, 4) is 0 Å². The van der Waals surface area contributed by atoms with E-state index in [1.54, 1.807) is 0 Å². The van der Waals surface area contributed by atoms with Gasteiger partial charge in [-0.3, -0.25) is 0 Å². The predicted molar refractivity (Wildman–Crippen MR) is 43.2 cm³/mol. The van der Waals surface area contributed by atoms with Gasteiger partial charge in [0.05, 0.1) is 7.11 Å². The van der Waals surface area contributed by atoms with Crippen LogP contribution in [0.5, 0.6) is 0 Å². The normalized spacial score (nSPS) is 10.7. The average molecular weight is 146 g/mol. The van der Waals surface area contributed by atoms with Gasteiger partial charge in [0.15, 0.2) is 0 Å². The molecule has 2 heteroatoms. The van der Waals surface area contributed by atoms with Crippen LogP contribution in [0.3, 0.4) is 0 Å². The molecule has 0 amide bonds. The number of ether oxygens (including phenoxy) is 1. The Morgan fingerprint density at radius 1 is 1.67 bits per heavy atom. The van der Waals surface area contributed by atoms with Crippen molar-refractivity contribution in [1.29, 1.82) is 0 Å². The second-order valence-electron chi connectivity index (χ2n) is 1.94. The molecule has 0 aromatic heterocycles. The number of rotatable bonds is 5. The maximum absolute atomic E-state index is 4.64. The van der Waals surface area contributed by atoms with Crippen LogP contribution in [0.2, 0.25) is 0 Å². The van der Waals surface area contributed by atoms with E-state index in [9.17, 15) is 0 Å². The highest BCUT2D eigenvalue weighted by molar-refractivity contribution is 7.99. The lowest BCUT2D eigenvalue weighted by Crippen LogP contribution is -1.93. The van der Waals surface area contributed by atoms with Crippen LogP contribution >= 0.6 is 11.8 Å². The Morgan fingerprint density at radius 2 is 2.33 bits per heavy atom. The zero-order valence-corrected chi connectivity index (χ0v) is 6.75. The van der Waals surface area contributed by atoms with Gasteiger partial charge >= 0.3 is 0 Å². The van der Waals surface area contributed by atoms with Crippen molar-refractivity contribution in [2.24, 2.45) is 0 Å². The van der Waals surface area contributed by atoms with Gasteiger partial charge in [0.2, 0.25) is 0 Å². The Balaban J connectivity index is 2.75. The highest BCUT2D eigenvalue weighted by atomic mass is 32.2. The first-order valence-electron chi connectivity index (χ1n) is 3.09. The summed E-state index contributed by atoms with van der Waals surface area (Å²) in [4.78, 5) is 0. The first-order chi connectivity index (χ1) is 4.27. The molecule has 0 aliphatic carbocycles. The van der Waals surface area contributed by atoms with Gasteiger partial charge < -0.3 is 4.74 Å². The predicted octanol–water partition coefficient (Wildman–Crippen LogP) is 2.14. The molecule has 0 heterocycles. The molecule has 0 aliphatic rings. The third-order valence-corrected chi connectivity index (χ3v) is 1.93. The van der Waals surface area contributed by atoms with E-state index < -0.39 is 0 Å². The largest absolute Gasteiger partial charge is 0.379 e. The van der Waals surface area contributed by atoms with Crippen LogP contribution in [-0.2, 0) is 4.74 Å². The number of thioether (sulfide) groups is 1. The van der Waals surface area contributed by atoms with Crippen LogP contribution in [0.15, 0.2) is 0 Å². The summed E-state index contributed by atoms with van der Waals surface area (Å²) in [6.07, 6.45) is 1.08. The molecule has 0 N–H and O–H groups in total. The summed E-state index contributed by atoms with van der Waals surface area (Å²) >= 11 is 1.85. The second-order valence-corrected chi connectivity index (χ2v) is 3.49. The van der Waals surface area contributed by atoms with E-state index in [-0.39, 0.29) is 0 Å². The fourth-order valence-corrected chi connectivity index (χ4v) is 1.13. The smallest absolute Gasteiger partial charge is 0.0700 e. The minimum Gasteiger partial charge on any atom is -0.379 e. The molecule has 0 bridgehead atoms. The Hall–Kier alpha value is 0.310. The summed E-state index contributed by atoms with van der Waals surface area (Å²) in [7, 11) is 3.28. The molecule has 1 unspecified atom stereocenters. The lowest BCUT2D eigenvalue weighted by Gasteiger charge is -2.02. The molecule has 9 heavy (non-hydrogen) atoms. The maximum Gasteiger partial charge on any atom is 0.0700 e. The molecule has 0 aromatic rings. The van der Waals surface area contributed by atoms with E-state index >= 15 is 0 Å². The van der Waals surface area contributed by atoms with Crippen LogP contribution in [0.4, 0.5) is 0 Å². The van der Waals surface area contributed by atoms with Gasteiger partial charge in [0.1, 0.15) is 0 Å². The molecule has 0 fully saturated rings. The molecule has 0 aromatic carbocycles. The maximum atomic E-state index is 4.64. The standard InChI is InChI=1S/C7H14OS/c1-7(2)9-6-4-5-8-3/h7H,1,3-6H2,2H3. The Bertz CT molecular complexity index is 54.9. The minimum atomic E-state index is 0.495. The quantitative estimate of drug-likeness (QED) is 0.550. The molecular formula is C7H14OS. The van der Waals surface area contributed by atoms with E-state index in [4.69, 9.17) is 0 Å². The van der Waals surface area contributed by atoms with Crippen LogP contribution in [-0.4, -0.2) is 17.6 Å². The van der Waals surface area contributed by atoms with Crippen molar-refractivity contribution in [2.45, 2.75) is 18.6 Å². The van der Waals surface area contributed by atoms with Crippen molar-refractivity contribution in [2.75, 3.05) is 12.4 Å². The molecule has 2 radical (unpaired) electrons. The number of hydrogen-bond acceptors (Lipinski definition) is 2. The topological polar surface area (TPSA) is 9.23 Å². The monoisotopic (exact) mass is 146 g/mol. The van der Waals surface area contributed by atoms with Gasteiger partial charge in [-0.1, -0.05) is 6.92 Å². The lowest BCUT2D eigenvalue weighted by molar-refractivity contribution is 0.243. The summed E-state index contributed by atoms with van der Waals surface area (Å²) in [5.74, 6) is 1.13. The van der Waals surface area contributed by atoms with Gasteiger partial charge in [0.25, 0.3) is 0 Å². The van der Waals surface area contributed by atoms with Gasteiger partial charge in [-0.2, -0.15) is 11.8 Å². The summed E-state index contributed by atoms with van der Waals surface area (Å²) in [6, 6.07) is 0. The molecule has 0 saturated heterocycles. The molecular weight excluding hydrogens is 132 g/mol. The fraction of sp³-hybridized carbons (Fsp3) is 0.714. The van der Waals surface area contributed by atoms with Crippen LogP contribution in [0, 0.1) is 14.0 Å². The lowest BCUT2D eigenvalue weighted by atomic mass is 10.5. The SMILES string of the molecule is [CH2]OCCCSC([CH2])C. The molecule has 0 rings (SSSR count). The Labute approximate surface area is 62.2 Å². The van der Waals surface area contributed by atoms with E-state index in [1.807, 2.05) is 11.8 Å². The molecule has 0 aliphatic heterocycles. The molecule has 1 nitrogen and oxygen atoms in total. The van der Waals surface area contributed by atoms with E-state index in [0.717, 1.165) is 18.8 Å². The third kappa shape index (κ3) is 8.31. The summed E-state index contributed by atoms with van der Waals surface area (Å²) in [5.41, 5.74) is 0. The molecule has 0 spiro atoms. The van der Waals surface area contributed by atoms with E-state index in [2.05, 4.69) is 25.7 Å². The third-order valence-electron chi connectivity index (χ3n) is 0.835. The highest BCUT2D eigenvalue weighted by Crippen LogP contribution is 2.09. The van der Waals surface area contributed by atoms with Crippen molar-refractivity contribution in [3.63, 3.8) is 0 Å². The average Bonchev–Trinajstić information content (AvgIpc) is 1.80. The second kappa shape index (κ2) is 6.43. The molecule has 0 saturated carbocycles. The van der Waals surface area contributed by atoms with Crippen LogP contribution < -0.4 is 0 Å². The van der Waals surface area contributed by atoms with Gasteiger partial charge in [0, 0.05) is 11.9 Å². The first kappa shape index (κ1) is 9.31.